The molecule has 0 spiro atoms. The average molecular weight is 285 g/mol. The first-order chi connectivity index (χ1) is 8.89. The highest BCUT2D eigenvalue weighted by Crippen LogP contribution is 2.08. The number of sulfonamides is 1. The first-order valence-corrected chi connectivity index (χ1v) is 7.59. The second-order valence-corrected chi connectivity index (χ2v) is 5.84. The smallest absolute Gasteiger partial charge is 0.238 e. The van der Waals surface area contributed by atoms with Crippen molar-refractivity contribution >= 4 is 21.6 Å². The minimum absolute atomic E-state index is 0.0756. The third-order valence-corrected chi connectivity index (χ3v) is 3.54. The standard InChI is InChI=1S/C6H8N2O2S.C6H11NO/c7-5-1-3-6(4-2-5)11(8,9)10;8-6-4-2-1-3-5-7-6/h1-4H,7H2,(H2,8,9,10);1-5H2,(H,7,8). The predicted octanol–water partition coefficient (Wildman–Crippen LogP) is 0.593. The van der Waals surface area contributed by atoms with Crippen LogP contribution in [0.5, 0.6) is 0 Å². The fourth-order valence-electron chi connectivity index (χ4n) is 1.56. The number of benzene rings is 1. The molecule has 1 aliphatic rings. The molecule has 1 aromatic rings. The summed E-state index contributed by atoms with van der Waals surface area (Å²) in [5.74, 6) is 0.225. The number of carbonyl (C=O) groups excluding carboxylic acids is 1. The number of primary sulfonamides is 1. The number of nitrogens with one attached hydrogen (secondary N) is 1. The summed E-state index contributed by atoms with van der Waals surface area (Å²) in [5.41, 5.74) is 5.85. The van der Waals surface area contributed by atoms with E-state index in [1.807, 2.05) is 0 Å². The van der Waals surface area contributed by atoms with Gasteiger partial charge in [0.2, 0.25) is 15.9 Å². The Labute approximate surface area is 113 Å². The van der Waals surface area contributed by atoms with Gasteiger partial charge in [-0.25, -0.2) is 13.6 Å². The second kappa shape index (κ2) is 7.10. The van der Waals surface area contributed by atoms with Gasteiger partial charge in [-0.1, -0.05) is 6.42 Å². The summed E-state index contributed by atoms with van der Waals surface area (Å²) in [7, 11) is -3.58. The lowest BCUT2D eigenvalue weighted by molar-refractivity contribution is -0.120. The Bertz CT molecular complexity index is 502. The van der Waals surface area contributed by atoms with Gasteiger partial charge in [0.25, 0.3) is 0 Å². The summed E-state index contributed by atoms with van der Waals surface area (Å²) in [4.78, 5) is 10.6. The number of hydrogen-bond donors (Lipinski definition) is 3. The summed E-state index contributed by atoms with van der Waals surface area (Å²) in [6.45, 7) is 0.888. The third-order valence-electron chi connectivity index (χ3n) is 2.61. The van der Waals surface area contributed by atoms with Crippen molar-refractivity contribution in [2.75, 3.05) is 12.3 Å². The maximum atomic E-state index is 10.7. The molecule has 1 fully saturated rings. The summed E-state index contributed by atoms with van der Waals surface area (Å²) < 4.78 is 21.4. The molecule has 1 heterocycles. The monoisotopic (exact) mass is 285 g/mol. The van der Waals surface area contributed by atoms with Gasteiger partial charge in [0.15, 0.2) is 0 Å². The molecule has 1 aromatic carbocycles. The van der Waals surface area contributed by atoms with Gasteiger partial charge in [0.1, 0.15) is 0 Å². The lowest BCUT2D eigenvalue weighted by atomic mass is 10.2. The van der Waals surface area contributed by atoms with Crippen LogP contribution < -0.4 is 16.2 Å². The van der Waals surface area contributed by atoms with Crippen molar-refractivity contribution in [1.29, 1.82) is 0 Å². The highest BCUT2D eigenvalue weighted by molar-refractivity contribution is 7.89. The Hall–Kier alpha value is -1.60. The van der Waals surface area contributed by atoms with Crippen LogP contribution in [-0.2, 0) is 14.8 Å². The lowest BCUT2D eigenvalue weighted by Gasteiger charge is -1.96. The van der Waals surface area contributed by atoms with Crippen LogP contribution in [0.15, 0.2) is 29.2 Å². The highest BCUT2D eigenvalue weighted by atomic mass is 32.2. The van der Waals surface area contributed by atoms with Crippen molar-refractivity contribution in [2.24, 2.45) is 5.14 Å². The number of nitrogens with two attached hydrogens (primary N) is 2. The average Bonchev–Trinajstić information content (AvgIpc) is 2.57. The molecule has 0 aliphatic carbocycles. The molecule has 0 radical (unpaired) electrons. The van der Waals surface area contributed by atoms with E-state index in [-0.39, 0.29) is 10.8 Å². The summed E-state index contributed by atoms with van der Waals surface area (Å²) in [5, 5.41) is 7.64. The van der Waals surface area contributed by atoms with Crippen LogP contribution in [0.2, 0.25) is 0 Å². The fraction of sp³-hybridized carbons (Fsp3) is 0.417. The third kappa shape index (κ3) is 6.21. The molecular formula is C12H19N3O3S. The maximum absolute atomic E-state index is 10.7. The van der Waals surface area contributed by atoms with Crippen molar-refractivity contribution in [3.63, 3.8) is 0 Å². The van der Waals surface area contributed by atoms with Crippen LogP contribution in [0.3, 0.4) is 0 Å². The zero-order valence-corrected chi connectivity index (χ0v) is 11.4. The van der Waals surface area contributed by atoms with Crippen LogP contribution in [0, 0.1) is 0 Å². The van der Waals surface area contributed by atoms with Gasteiger partial charge in [-0.2, -0.15) is 0 Å². The first kappa shape index (κ1) is 15.5. The van der Waals surface area contributed by atoms with E-state index in [0.29, 0.717) is 5.69 Å². The zero-order chi connectivity index (χ0) is 14.3. The van der Waals surface area contributed by atoms with Crippen molar-refractivity contribution in [2.45, 2.75) is 30.6 Å². The minimum Gasteiger partial charge on any atom is -0.399 e. The Kier molecular flexibility index (Phi) is 5.78. The number of nitrogen functional groups attached to an aromatic ring is 1. The molecule has 7 heteroatoms. The van der Waals surface area contributed by atoms with E-state index >= 15 is 0 Å². The Morgan fingerprint density at radius 1 is 1.05 bits per heavy atom. The van der Waals surface area contributed by atoms with E-state index < -0.39 is 10.0 Å². The molecule has 106 valence electrons. The summed E-state index contributed by atoms with van der Waals surface area (Å²) in [6, 6.07) is 5.70. The van der Waals surface area contributed by atoms with E-state index in [1.165, 1.54) is 30.7 Å². The zero-order valence-electron chi connectivity index (χ0n) is 10.6. The van der Waals surface area contributed by atoms with Crippen LogP contribution >= 0.6 is 0 Å². The normalized spacial score (nSPS) is 15.7. The van der Waals surface area contributed by atoms with Gasteiger partial charge in [-0.05, 0) is 37.1 Å². The van der Waals surface area contributed by atoms with Gasteiger partial charge in [0.05, 0.1) is 4.90 Å². The molecule has 1 saturated heterocycles. The number of amides is 1. The summed E-state index contributed by atoms with van der Waals surface area (Å²) >= 11 is 0. The number of anilines is 1. The van der Waals surface area contributed by atoms with Crippen LogP contribution in [0.25, 0.3) is 0 Å². The molecule has 6 nitrogen and oxygen atoms in total. The number of rotatable bonds is 1. The quantitative estimate of drug-likeness (QED) is 0.655. The Balaban J connectivity index is 0.000000200. The van der Waals surface area contributed by atoms with E-state index in [4.69, 9.17) is 10.9 Å². The van der Waals surface area contributed by atoms with Gasteiger partial charge in [-0.3, -0.25) is 4.79 Å². The molecule has 19 heavy (non-hydrogen) atoms. The Morgan fingerprint density at radius 3 is 2.26 bits per heavy atom. The second-order valence-electron chi connectivity index (χ2n) is 4.27. The van der Waals surface area contributed by atoms with Crippen molar-refractivity contribution in [1.82, 2.24) is 5.32 Å². The molecule has 0 atom stereocenters. The predicted molar refractivity (Wildman–Crippen MR) is 73.7 cm³/mol. The largest absolute Gasteiger partial charge is 0.399 e. The maximum Gasteiger partial charge on any atom is 0.238 e. The molecule has 0 unspecified atom stereocenters. The topological polar surface area (TPSA) is 115 Å². The van der Waals surface area contributed by atoms with Crippen LogP contribution in [0.1, 0.15) is 25.7 Å². The van der Waals surface area contributed by atoms with E-state index in [0.717, 1.165) is 25.8 Å². The van der Waals surface area contributed by atoms with Crippen molar-refractivity contribution in [3.05, 3.63) is 24.3 Å². The fourth-order valence-corrected chi connectivity index (χ4v) is 2.08. The van der Waals surface area contributed by atoms with Crippen LogP contribution in [0.4, 0.5) is 5.69 Å². The van der Waals surface area contributed by atoms with Crippen molar-refractivity contribution in [3.8, 4) is 0 Å². The van der Waals surface area contributed by atoms with Crippen LogP contribution in [-0.4, -0.2) is 20.9 Å². The molecule has 2 rings (SSSR count). The van der Waals surface area contributed by atoms with Gasteiger partial charge in [-0.15, -0.1) is 0 Å². The number of carbonyl (C=O) groups is 1. The van der Waals surface area contributed by atoms with Gasteiger partial charge in [0, 0.05) is 18.7 Å². The molecule has 0 saturated carbocycles. The summed E-state index contributed by atoms with van der Waals surface area (Å²) in [6.07, 6.45) is 4.18. The number of hydrogen-bond acceptors (Lipinski definition) is 4. The minimum atomic E-state index is -3.58. The van der Waals surface area contributed by atoms with E-state index in [1.54, 1.807) is 0 Å². The molecule has 0 aromatic heterocycles. The molecule has 1 aliphatic heterocycles. The SMILES string of the molecule is Nc1ccc(S(N)(=O)=O)cc1.O=C1CCCCCN1. The van der Waals surface area contributed by atoms with Crippen molar-refractivity contribution < 1.29 is 13.2 Å². The highest BCUT2D eigenvalue weighted by Gasteiger charge is 2.05. The molecular weight excluding hydrogens is 266 g/mol. The van der Waals surface area contributed by atoms with E-state index in [2.05, 4.69) is 5.32 Å². The van der Waals surface area contributed by atoms with E-state index in [9.17, 15) is 13.2 Å². The molecule has 5 N–H and O–H groups in total. The lowest BCUT2D eigenvalue weighted by Crippen LogP contribution is -2.21. The molecule has 1 amide bonds. The van der Waals surface area contributed by atoms with Gasteiger partial charge < -0.3 is 11.1 Å². The first-order valence-electron chi connectivity index (χ1n) is 6.04. The van der Waals surface area contributed by atoms with Gasteiger partial charge >= 0.3 is 0 Å². The molecule has 0 bridgehead atoms. The Morgan fingerprint density at radius 2 is 1.68 bits per heavy atom.